The number of nitrogens with two attached hydrogens (primary N) is 1. The van der Waals surface area contributed by atoms with E-state index in [1.165, 1.54) is 0 Å². The highest BCUT2D eigenvalue weighted by Crippen LogP contribution is 2.18. The molecule has 0 radical (unpaired) electrons. The minimum atomic E-state index is -0.0891. The predicted octanol–water partition coefficient (Wildman–Crippen LogP) is -0.258. The average molecular weight is 213 g/mol. The lowest BCUT2D eigenvalue weighted by Crippen LogP contribution is -2.58. The van der Waals surface area contributed by atoms with Crippen LogP contribution in [0.4, 0.5) is 0 Å². The quantitative estimate of drug-likeness (QED) is 0.686. The average Bonchev–Trinajstić information content (AvgIpc) is 2.22. The first-order chi connectivity index (χ1) is 7.18. The van der Waals surface area contributed by atoms with Gasteiger partial charge in [-0.2, -0.15) is 0 Å². The lowest BCUT2D eigenvalue weighted by Gasteiger charge is -2.40. The van der Waals surface area contributed by atoms with Crippen molar-refractivity contribution in [1.82, 2.24) is 9.80 Å². The van der Waals surface area contributed by atoms with Gasteiger partial charge in [0, 0.05) is 39.3 Å². The van der Waals surface area contributed by atoms with Crippen molar-refractivity contribution in [1.29, 1.82) is 0 Å². The summed E-state index contributed by atoms with van der Waals surface area (Å²) in [4.78, 5) is 4.85. The van der Waals surface area contributed by atoms with Crippen LogP contribution >= 0.6 is 0 Å². The number of hydrogen-bond donors (Lipinski definition) is 1. The zero-order chi connectivity index (χ0) is 10.7. The number of rotatable bonds is 2. The number of hydrogen-bond acceptors (Lipinski definition) is 4. The van der Waals surface area contributed by atoms with E-state index >= 15 is 0 Å². The van der Waals surface area contributed by atoms with Gasteiger partial charge in [-0.25, -0.2) is 0 Å². The molecule has 2 N–H and O–H groups in total. The maximum atomic E-state index is 6.34. The second-order valence-electron chi connectivity index (χ2n) is 5.10. The van der Waals surface area contributed by atoms with Crippen LogP contribution in [0, 0.1) is 0 Å². The highest BCUT2D eigenvalue weighted by molar-refractivity contribution is 4.90. The van der Waals surface area contributed by atoms with E-state index in [-0.39, 0.29) is 5.54 Å². The summed E-state index contributed by atoms with van der Waals surface area (Å²) in [5, 5.41) is 0. The van der Waals surface area contributed by atoms with Gasteiger partial charge in [0.1, 0.15) is 0 Å². The van der Waals surface area contributed by atoms with Crippen LogP contribution in [0.3, 0.4) is 0 Å². The number of likely N-dealkylation sites (N-methyl/N-ethyl adjacent to an activating group) is 1. The molecule has 2 heterocycles. The molecule has 2 saturated heterocycles. The van der Waals surface area contributed by atoms with Crippen LogP contribution in [-0.2, 0) is 4.74 Å². The van der Waals surface area contributed by atoms with Gasteiger partial charge in [-0.1, -0.05) is 0 Å². The SMILES string of the molecule is CN1CCN(CC2(N)CCCOC2)CC1. The first-order valence-corrected chi connectivity index (χ1v) is 5.96. The van der Waals surface area contributed by atoms with Crippen LogP contribution in [0.2, 0.25) is 0 Å². The third kappa shape index (κ3) is 3.14. The fourth-order valence-corrected chi connectivity index (χ4v) is 2.45. The van der Waals surface area contributed by atoms with Crippen molar-refractivity contribution in [3.8, 4) is 0 Å². The summed E-state index contributed by atoms with van der Waals surface area (Å²) in [7, 11) is 2.18. The van der Waals surface area contributed by atoms with E-state index in [0.29, 0.717) is 0 Å². The summed E-state index contributed by atoms with van der Waals surface area (Å²) in [6, 6.07) is 0. The standard InChI is InChI=1S/C11H23N3O/c1-13-4-6-14(7-5-13)9-11(12)3-2-8-15-10-11/h2-10,12H2,1H3. The van der Waals surface area contributed by atoms with Gasteiger partial charge in [-0.3, -0.25) is 4.90 Å². The van der Waals surface area contributed by atoms with Crippen LogP contribution < -0.4 is 5.73 Å². The molecule has 0 aromatic rings. The number of ether oxygens (including phenoxy) is 1. The van der Waals surface area contributed by atoms with Gasteiger partial charge in [0.2, 0.25) is 0 Å². The van der Waals surface area contributed by atoms with Crippen molar-refractivity contribution in [2.24, 2.45) is 5.73 Å². The molecule has 2 aliphatic heterocycles. The smallest absolute Gasteiger partial charge is 0.0658 e. The molecule has 0 aromatic heterocycles. The summed E-state index contributed by atoms with van der Waals surface area (Å²) >= 11 is 0. The van der Waals surface area contributed by atoms with E-state index < -0.39 is 0 Å². The highest BCUT2D eigenvalue weighted by Gasteiger charge is 2.31. The number of piperazine rings is 1. The Bertz CT molecular complexity index is 196. The molecule has 1 atom stereocenters. The molecule has 4 heteroatoms. The Hall–Kier alpha value is -0.160. The lowest BCUT2D eigenvalue weighted by molar-refractivity contribution is 0.0138. The molecule has 4 nitrogen and oxygen atoms in total. The zero-order valence-corrected chi connectivity index (χ0v) is 9.74. The Morgan fingerprint density at radius 2 is 2.00 bits per heavy atom. The van der Waals surface area contributed by atoms with Crippen LogP contribution in [0.1, 0.15) is 12.8 Å². The molecule has 88 valence electrons. The highest BCUT2D eigenvalue weighted by atomic mass is 16.5. The third-order valence-electron chi connectivity index (χ3n) is 3.49. The summed E-state index contributed by atoms with van der Waals surface area (Å²) in [5.41, 5.74) is 6.26. The Kier molecular flexibility index (Phi) is 3.61. The minimum absolute atomic E-state index is 0.0891. The lowest BCUT2D eigenvalue weighted by atomic mass is 9.93. The van der Waals surface area contributed by atoms with Crippen molar-refractivity contribution in [3.63, 3.8) is 0 Å². The minimum Gasteiger partial charge on any atom is -0.379 e. The second-order valence-corrected chi connectivity index (χ2v) is 5.10. The first-order valence-electron chi connectivity index (χ1n) is 5.96. The topological polar surface area (TPSA) is 41.7 Å². The molecule has 0 aromatic carbocycles. The molecule has 0 bridgehead atoms. The largest absolute Gasteiger partial charge is 0.379 e. The van der Waals surface area contributed by atoms with Gasteiger partial charge >= 0.3 is 0 Å². The van der Waals surface area contributed by atoms with Crippen molar-refractivity contribution in [3.05, 3.63) is 0 Å². The molecular weight excluding hydrogens is 190 g/mol. The van der Waals surface area contributed by atoms with E-state index in [9.17, 15) is 0 Å². The van der Waals surface area contributed by atoms with Gasteiger partial charge in [0.15, 0.2) is 0 Å². The van der Waals surface area contributed by atoms with Gasteiger partial charge < -0.3 is 15.4 Å². The summed E-state index contributed by atoms with van der Waals surface area (Å²) in [5.74, 6) is 0. The fourth-order valence-electron chi connectivity index (χ4n) is 2.45. The van der Waals surface area contributed by atoms with Crippen LogP contribution in [0.15, 0.2) is 0 Å². The molecule has 1 unspecified atom stereocenters. The molecular formula is C11H23N3O. The molecule has 0 aliphatic carbocycles. The van der Waals surface area contributed by atoms with E-state index in [1.807, 2.05) is 0 Å². The maximum absolute atomic E-state index is 6.34. The predicted molar refractivity (Wildman–Crippen MR) is 60.9 cm³/mol. The van der Waals surface area contributed by atoms with E-state index in [2.05, 4.69) is 16.8 Å². The van der Waals surface area contributed by atoms with Gasteiger partial charge in [0.05, 0.1) is 12.1 Å². The van der Waals surface area contributed by atoms with Gasteiger partial charge in [-0.15, -0.1) is 0 Å². The molecule has 0 amide bonds. The van der Waals surface area contributed by atoms with Gasteiger partial charge in [0.25, 0.3) is 0 Å². The van der Waals surface area contributed by atoms with Gasteiger partial charge in [-0.05, 0) is 19.9 Å². The molecule has 2 fully saturated rings. The Balaban J connectivity index is 1.80. The summed E-state index contributed by atoms with van der Waals surface area (Å²) in [6.45, 7) is 7.25. The summed E-state index contributed by atoms with van der Waals surface area (Å²) < 4.78 is 5.49. The molecule has 15 heavy (non-hydrogen) atoms. The fraction of sp³-hybridized carbons (Fsp3) is 1.00. The van der Waals surface area contributed by atoms with Crippen molar-refractivity contribution < 1.29 is 4.74 Å². The van der Waals surface area contributed by atoms with Crippen LogP contribution in [-0.4, -0.2) is 68.3 Å². The molecule has 0 saturated carbocycles. The Morgan fingerprint density at radius 3 is 2.60 bits per heavy atom. The van der Waals surface area contributed by atoms with Crippen molar-refractivity contribution in [2.45, 2.75) is 18.4 Å². The third-order valence-corrected chi connectivity index (χ3v) is 3.49. The molecule has 0 spiro atoms. The normalized spacial score (nSPS) is 35.6. The second kappa shape index (κ2) is 4.78. The van der Waals surface area contributed by atoms with Crippen molar-refractivity contribution >= 4 is 0 Å². The Labute approximate surface area is 92.4 Å². The van der Waals surface area contributed by atoms with Crippen molar-refractivity contribution in [2.75, 3.05) is 53.0 Å². The Morgan fingerprint density at radius 1 is 1.27 bits per heavy atom. The van der Waals surface area contributed by atoms with Crippen LogP contribution in [0.25, 0.3) is 0 Å². The van der Waals surface area contributed by atoms with E-state index in [0.717, 1.165) is 58.8 Å². The van der Waals surface area contributed by atoms with E-state index in [1.54, 1.807) is 0 Å². The molecule has 2 aliphatic rings. The number of nitrogens with zero attached hydrogens (tertiary/aromatic N) is 2. The van der Waals surface area contributed by atoms with E-state index in [4.69, 9.17) is 10.5 Å². The van der Waals surface area contributed by atoms with Crippen LogP contribution in [0.5, 0.6) is 0 Å². The maximum Gasteiger partial charge on any atom is 0.0658 e. The first kappa shape index (κ1) is 11.3. The summed E-state index contributed by atoms with van der Waals surface area (Å²) in [6.07, 6.45) is 2.23. The molecule has 2 rings (SSSR count). The zero-order valence-electron chi connectivity index (χ0n) is 9.74. The monoisotopic (exact) mass is 213 g/mol.